The van der Waals surface area contributed by atoms with Crippen molar-refractivity contribution in [2.24, 2.45) is 4.99 Å². The molecule has 0 aromatic heterocycles. The summed E-state index contributed by atoms with van der Waals surface area (Å²) in [7, 11) is 0. The van der Waals surface area contributed by atoms with Gasteiger partial charge in [0.2, 0.25) is 0 Å². The van der Waals surface area contributed by atoms with Crippen molar-refractivity contribution in [3.8, 4) is 5.75 Å². The summed E-state index contributed by atoms with van der Waals surface area (Å²) in [5.74, 6) is 1.22. The van der Waals surface area contributed by atoms with E-state index in [0.29, 0.717) is 13.2 Å². The molecular weight excluding hydrogens is 233 g/mol. The molecule has 1 atom stereocenters. The maximum atomic E-state index is 13.2. The van der Waals surface area contributed by atoms with Gasteiger partial charge in [0.05, 0.1) is 6.04 Å². The second-order valence-electron chi connectivity index (χ2n) is 4.04. The number of nitrogens with zero attached hydrogens (tertiary/aromatic N) is 1. The number of ether oxygens (including phenoxy) is 1. The molecule has 1 aliphatic rings. The van der Waals surface area contributed by atoms with Crippen LogP contribution < -0.4 is 15.4 Å². The van der Waals surface area contributed by atoms with Gasteiger partial charge in [-0.25, -0.2) is 4.39 Å². The molecule has 4 nitrogen and oxygen atoms in total. The summed E-state index contributed by atoms with van der Waals surface area (Å²) in [4.78, 5) is 4.32. The van der Waals surface area contributed by atoms with Crippen LogP contribution in [0, 0.1) is 5.82 Å². The van der Waals surface area contributed by atoms with E-state index >= 15 is 0 Å². The molecule has 1 heterocycles. The van der Waals surface area contributed by atoms with Crippen LogP contribution in [0.25, 0.3) is 0 Å². The quantitative estimate of drug-likeness (QED) is 0.636. The molecule has 2 N–H and O–H groups in total. The molecule has 0 aliphatic carbocycles. The highest BCUT2D eigenvalue weighted by molar-refractivity contribution is 5.80. The lowest BCUT2D eigenvalue weighted by Crippen LogP contribution is -2.40. The van der Waals surface area contributed by atoms with Crippen molar-refractivity contribution in [3.63, 3.8) is 0 Å². The van der Waals surface area contributed by atoms with Crippen molar-refractivity contribution in [2.45, 2.75) is 19.9 Å². The van der Waals surface area contributed by atoms with Crippen molar-refractivity contribution in [1.82, 2.24) is 10.6 Å². The minimum Gasteiger partial charge on any atom is -0.491 e. The Bertz CT molecular complexity index is 448. The summed E-state index contributed by atoms with van der Waals surface area (Å²) in [5, 5.41) is 6.39. The van der Waals surface area contributed by atoms with Crippen LogP contribution in [0.2, 0.25) is 0 Å². The molecule has 0 fully saturated rings. The molecule has 0 radical (unpaired) electrons. The van der Waals surface area contributed by atoms with E-state index in [1.54, 1.807) is 6.07 Å². The first kappa shape index (κ1) is 12.7. The lowest BCUT2D eigenvalue weighted by atomic mass is 10.1. The SMILES string of the molecule is CCN=C(NCC)NC1COc2ccc(F)cc21. The van der Waals surface area contributed by atoms with E-state index in [1.807, 2.05) is 13.8 Å². The monoisotopic (exact) mass is 251 g/mol. The summed E-state index contributed by atoms with van der Waals surface area (Å²) in [6, 6.07) is 4.53. The van der Waals surface area contributed by atoms with E-state index in [2.05, 4.69) is 15.6 Å². The second kappa shape index (κ2) is 5.71. The zero-order valence-corrected chi connectivity index (χ0v) is 10.7. The molecule has 0 saturated carbocycles. The van der Waals surface area contributed by atoms with Crippen molar-refractivity contribution in [2.75, 3.05) is 19.7 Å². The normalized spacial score (nSPS) is 18.2. The third-order valence-corrected chi connectivity index (χ3v) is 2.72. The van der Waals surface area contributed by atoms with E-state index in [1.165, 1.54) is 12.1 Å². The zero-order chi connectivity index (χ0) is 13.0. The molecule has 5 heteroatoms. The van der Waals surface area contributed by atoms with Crippen LogP contribution in [0.1, 0.15) is 25.5 Å². The topological polar surface area (TPSA) is 45.7 Å². The summed E-state index contributed by atoms with van der Waals surface area (Å²) in [5.41, 5.74) is 0.844. The van der Waals surface area contributed by atoms with Gasteiger partial charge in [0.25, 0.3) is 0 Å². The molecule has 1 aromatic carbocycles. The number of benzene rings is 1. The Morgan fingerprint density at radius 1 is 1.50 bits per heavy atom. The first-order valence-electron chi connectivity index (χ1n) is 6.21. The average Bonchev–Trinajstić information content (AvgIpc) is 2.73. The van der Waals surface area contributed by atoms with Gasteiger partial charge in [-0.15, -0.1) is 0 Å². The number of rotatable bonds is 3. The lowest BCUT2D eigenvalue weighted by Gasteiger charge is -2.16. The molecular formula is C13H18FN3O. The van der Waals surface area contributed by atoms with Gasteiger partial charge < -0.3 is 15.4 Å². The minimum absolute atomic E-state index is 0.0555. The second-order valence-corrected chi connectivity index (χ2v) is 4.04. The molecule has 1 aromatic rings. The van der Waals surface area contributed by atoms with Crippen LogP contribution in [-0.2, 0) is 0 Å². The van der Waals surface area contributed by atoms with E-state index in [9.17, 15) is 4.39 Å². The molecule has 1 unspecified atom stereocenters. The summed E-state index contributed by atoms with van der Waals surface area (Å²) in [6.07, 6.45) is 0. The fraction of sp³-hybridized carbons (Fsp3) is 0.462. The number of aliphatic imine (C=N–C) groups is 1. The fourth-order valence-corrected chi connectivity index (χ4v) is 1.95. The number of hydrogen-bond donors (Lipinski definition) is 2. The van der Waals surface area contributed by atoms with Crippen LogP contribution >= 0.6 is 0 Å². The van der Waals surface area contributed by atoms with E-state index < -0.39 is 0 Å². The Labute approximate surface area is 106 Å². The molecule has 1 aliphatic heterocycles. The van der Waals surface area contributed by atoms with Crippen molar-refractivity contribution >= 4 is 5.96 Å². The Morgan fingerprint density at radius 2 is 2.33 bits per heavy atom. The molecule has 2 rings (SSSR count). The molecule has 0 amide bonds. The standard InChI is InChI=1S/C13H18FN3O/c1-3-15-13(16-4-2)17-11-8-18-12-6-5-9(14)7-10(11)12/h5-7,11H,3-4,8H2,1-2H3,(H2,15,16,17). The largest absolute Gasteiger partial charge is 0.491 e. The van der Waals surface area contributed by atoms with E-state index in [4.69, 9.17) is 4.74 Å². The molecule has 0 spiro atoms. The number of guanidine groups is 1. The Hall–Kier alpha value is -1.78. The van der Waals surface area contributed by atoms with E-state index in [0.717, 1.165) is 23.8 Å². The number of hydrogen-bond acceptors (Lipinski definition) is 2. The van der Waals surface area contributed by atoms with Crippen LogP contribution in [-0.4, -0.2) is 25.7 Å². The summed E-state index contributed by atoms with van der Waals surface area (Å²) >= 11 is 0. The average molecular weight is 251 g/mol. The molecule has 0 bridgehead atoms. The predicted molar refractivity (Wildman–Crippen MR) is 69.4 cm³/mol. The molecule has 98 valence electrons. The maximum Gasteiger partial charge on any atom is 0.191 e. The van der Waals surface area contributed by atoms with Crippen LogP contribution in [0.4, 0.5) is 4.39 Å². The van der Waals surface area contributed by atoms with Crippen LogP contribution in [0.5, 0.6) is 5.75 Å². The van der Waals surface area contributed by atoms with Gasteiger partial charge in [-0.2, -0.15) is 0 Å². The Kier molecular flexibility index (Phi) is 4.02. The highest BCUT2D eigenvalue weighted by Gasteiger charge is 2.25. The zero-order valence-electron chi connectivity index (χ0n) is 10.7. The predicted octanol–water partition coefficient (Wildman–Crippen LogP) is 1.83. The highest BCUT2D eigenvalue weighted by Crippen LogP contribution is 2.32. The Balaban J connectivity index is 2.13. The van der Waals surface area contributed by atoms with Gasteiger partial charge in [0.15, 0.2) is 5.96 Å². The van der Waals surface area contributed by atoms with Gasteiger partial charge in [0.1, 0.15) is 18.2 Å². The van der Waals surface area contributed by atoms with Gasteiger partial charge >= 0.3 is 0 Å². The third-order valence-electron chi connectivity index (χ3n) is 2.72. The summed E-state index contributed by atoms with van der Waals surface area (Å²) < 4.78 is 18.8. The van der Waals surface area contributed by atoms with Gasteiger partial charge in [0, 0.05) is 18.7 Å². The molecule has 18 heavy (non-hydrogen) atoms. The highest BCUT2D eigenvalue weighted by atomic mass is 19.1. The van der Waals surface area contributed by atoms with Crippen LogP contribution in [0.3, 0.4) is 0 Å². The first-order valence-corrected chi connectivity index (χ1v) is 6.21. The Morgan fingerprint density at radius 3 is 3.06 bits per heavy atom. The minimum atomic E-state index is -0.247. The number of fused-ring (bicyclic) bond motifs is 1. The van der Waals surface area contributed by atoms with E-state index in [-0.39, 0.29) is 11.9 Å². The maximum absolute atomic E-state index is 13.2. The summed E-state index contributed by atoms with van der Waals surface area (Å²) in [6.45, 7) is 5.95. The van der Waals surface area contributed by atoms with Gasteiger partial charge in [-0.1, -0.05) is 0 Å². The third kappa shape index (κ3) is 2.72. The van der Waals surface area contributed by atoms with Gasteiger partial charge in [-0.05, 0) is 32.0 Å². The van der Waals surface area contributed by atoms with Gasteiger partial charge in [-0.3, -0.25) is 4.99 Å². The van der Waals surface area contributed by atoms with Crippen molar-refractivity contribution in [3.05, 3.63) is 29.6 Å². The van der Waals surface area contributed by atoms with Crippen LogP contribution in [0.15, 0.2) is 23.2 Å². The fourth-order valence-electron chi connectivity index (χ4n) is 1.95. The van der Waals surface area contributed by atoms with Crippen molar-refractivity contribution in [1.29, 1.82) is 0 Å². The lowest BCUT2D eigenvalue weighted by molar-refractivity contribution is 0.323. The first-order chi connectivity index (χ1) is 8.74. The number of nitrogens with one attached hydrogen (secondary N) is 2. The number of halogens is 1. The van der Waals surface area contributed by atoms with Crippen molar-refractivity contribution < 1.29 is 9.13 Å². The molecule has 0 saturated heterocycles. The smallest absolute Gasteiger partial charge is 0.191 e.